The van der Waals surface area contributed by atoms with Crippen LogP contribution in [0.1, 0.15) is 45.1 Å². The minimum absolute atomic E-state index is 0.0141. The molecule has 5 heteroatoms. The summed E-state index contributed by atoms with van der Waals surface area (Å²) in [6.45, 7) is 9.35. The molecule has 0 saturated carbocycles. The fourth-order valence-electron chi connectivity index (χ4n) is 1.63. The van der Waals surface area contributed by atoms with Crippen molar-refractivity contribution in [2.45, 2.75) is 51.9 Å². The molecule has 0 fully saturated rings. The quantitative estimate of drug-likeness (QED) is 0.753. The minimum atomic E-state index is -0.127. The van der Waals surface area contributed by atoms with E-state index >= 15 is 0 Å². The molecule has 0 bridgehead atoms. The number of thiophene rings is 1. The van der Waals surface area contributed by atoms with E-state index in [0.717, 1.165) is 15.8 Å². The molecule has 2 N–H and O–H groups in total. The summed E-state index contributed by atoms with van der Waals surface area (Å²) in [6.07, 6.45) is 0.838. The van der Waals surface area contributed by atoms with Crippen LogP contribution in [0.25, 0.3) is 0 Å². The first-order valence-corrected chi connectivity index (χ1v) is 8.26. The van der Waals surface area contributed by atoms with E-state index in [0.29, 0.717) is 13.2 Å². The summed E-state index contributed by atoms with van der Waals surface area (Å²) < 4.78 is 12.7. The van der Waals surface area contributed by atoms with Gasteiger partial charge in [0.05, 0.1) is 18.8 Å². The van der Waals surface area contributed by atoms with Crippen LogP contribution in [-0.4, -0.2) is 24.9 Å². The monoisotopic (exact) mass is 349 g/mol. The van der Waals surface area contributed by atoms with Crippen molar-refractivity contribution in [2.75, 3.05) is 13.2 Å². The second kappa shape index (κ2) is 7.74. The second-order valence-electron chi connectivity index (χ2n) is 5.49. The van der Waals surface area contributed by atoms with E-state index in [1.165, 1.54) is 0 Å². The SMILES string of the molecule is CCC(N)C(OCCOC(C)(C)C)c1cc(Br)cs1. The maximum atomic E-state index is 6.15. The van der Waals surface area contributed by atoms with Gasteiger partial charge in [0.15, 0.2) is 0 Å². The van der Waals surface area contributed by atoms with E-state index in [2.05, 4.69) is 34.3 Å². The Bertz CT molecular complexity index is 376. The van der Waals surface area contributed by atoms with Crippen LogP contribution in [0.5, 0.6) is 0 Å². The molecule has 2 unspecified atom stereocenters. The molecule has 1 heterocycles. The normalized spacial score (nSPS) is 15.5. The molecular weight excluding hydrogens is 326 g/mol. The van der Waals surface area contributed by atoms with Crippen LogP contribution in [0.3, 0.4) is 0 Å². The molecular formula is C14H24BrNO2S. The van der Waals surface area contributed by atoms with Gasteiger partial charge in [0, 0.05) is 20.8 Å². The maximum Gasteiger partial charge on any atom is 0.107 e. The molecule has 0 aliphatic rings. The Labute approximate surface area is 128 Å². The van der Waals surface area contributed by atoms with Crippen molar-refractivity contribution in [2.24, 2.45) is 5.73 Å². The fraction of sp³-hybridized carbons (Fsp3) is 0.714. The third-order valence-corrected chi connectivity index (χ3v) is 4.40. The largest absolute Gasteiger partial charge is 0.373 e. The van der Waals surface area contributed by atoms with Crippen molar-refractivity contribution in [3.8, 4) is 0 Å². The molecule has 0 aliphatic heterocycles. The zero-order valence-electron chi connectivity index (χ0n) is 12.1. The molecule has 0 aromatic carbocycles. The van der Waals surface area contributed by atoms with Gasteiger partial charge >= 0.3 is 0 Å². The molecule has 1 aromatic heterocycles. The lowest BCUT2D eigenvalue weighted by Gasteiger charge is -2.24. The summed E-state index contributed by atoms with van der Waals surface area (Å²) in [5, 5.41) is 2.06. The van der Waals surface area contributed by atoms with Gasteiger partial charge in [-0.15, -0.1) is 11.3 Å². The van der Waals surface area contributed by atoms with E-state index in [-0.39, 0.29) is 17.7 Å². The number of hydrogen-bond donors (Lipinski definition) is 1. The van der Waals surface area contributed by atoms with Gasteiger partial charge in [-0.3, -0.25) is 0 Å². The number of nitrogens with two attached hydrogens (primary N) is 1. The molecule has 19 heavy (non-hydrogen) atoms. The average molecular weight is 350 g/mol. The van der Waals surface area contributed by atoms with Gasteiger partial charge in [-0.05, 0) is 49.2 Å². The highest BCUT2D eigenvalue weighted by atomic mass is 79.9. The number of halogens is 1. The van der Waals surface area contributed by atoms with Gasteiger partial charge in [-0.2, -0.15) is 0 Å². The molecule has 0 saturated heterocycles. The maximum absolute atomic E-state index is 6.15. The molecule has 0 amide bonds. The fourth-order valence-corrected chi connectivity index (χ4v) is 3.20. The zero-order valence-corrected chi connectivity index (χ0v) is 14.5. The molecule has 3 nitrogen and oxygen atoms in total. The van der Waals surface area contributed by atoms with Crippen molar-refractivity contribution in [3.05, 3.63) is 20.8 Å². The van der Waals surface area contributed by atoms with Gasteiger partial charge < -0.3 is 15.2 Å². The Balaban J connectivity index is 2.52. The van der Waals surface area contributed by atoms with Crippen molar-refractivity contribution in [1.82, 2.24) is 0 Å². The first-order chi connectivity index (χ1) is 8.83. The minimum Gasteiger partial charge on any atom is -0.373 e. The summed E-state index contributed by atoms with van der Waals surface area (Å²) >= 11 is 5.14. The van der Waals surface area contributed by atoms with Crippen LogP contribution in [0, 0.1) is 0 Å². The molecule has 0 radical (unpaired) electrons. The highest BCUT2D eigenvalue weighted by Gasteiger charge is 2.21. The molecule has 0 aliphatic carbocycles. The highest BCUT2D eigenvalue weighted by Crippen LogP contribution is 2.30. The second-order valence-corrected chi connectivity index (χ2v) is 7.35. The molecule has 0 spiro atoms. The number of rotatable bonds is 7. The van der Waals surface area contributed by atoms with Crippen molar-refractivity contribution in [1.29, 1.82) is 0 Å². The highest BCUT2D eigenvalue weighted by molar-refractivity contribution is 9.10. The van der Waals surface area contributed by atoms with Crippen LogP contribution in [0.2, 0.25) is 0 Å². The average Bonchev–Trinajstić information content (AvgIpc) is 2.73. The Hall–Kier alpha value is 0.0600. The Morgan fingerprint density at radius 1 is 1.37 bits per heavy atom. The van der Waals surface area contributed by atoms with Gasteiger partial charge in [0.2, 0.25) is 0 Å². The lowest BCUT2D eigenvalue weighted by atomic mass is 10.1. The van der Waals surface area contributed by atoms with Gasteiger partial charge in [0.1, 0.15) is 6.10 Å². The lowest BCUT2D eigenvalue weighted by molar-refractivity contribution is -0.0563. The van der Waals surface area contributed by atoms with Crippen LogP contribution in [-0.2, 0) is 9.47 Å². The molecule has 1 rings (SSSR count). The summed E-state index contributed by atoms with van der Waals surface area (Å²) in [4.78, 5) is 1.16. The van der Waals surface area contributed by atoms with Gasteiger partial charge in [-0.1, -0.05) is 6.92 Å². The Morgan fingerprint density at radius 2 is 2.05 bits per heavy atom. The summed E-state index contributed by atoms with van der Waals surface area (Å²) in [5.41, 5.74) is 6.02. The van der Waals surface area contributed by atoms with Crippen LogP contribution in [0.15, 0.2) is 15.9 Å². The molecule has 2 atom stereocenters. The smallest absolute Gasteiger partial charge is 0.107 e. The summed E-state index contributed by atoms with van der Waals surface area (Å²) in [5.74, 6) is 0. The predicted molar refractivity (Wildman–Crippen MR) is 84.7 cm³/mol. The van der Waals surface area contributed by atoms with Crippen molar-refractivity contribution < 1.29 is 9.47 Å². The topological polar surface area (TPSA) is 44.5 Å². The van der Waals surface area contributed by atoms with E-state index < -0.39 is 0 Å². The Morgan fingerprint density at radius 3 is 2.53 bits per heavy atom. The first-order valence-electron chi connectivity index (χ1n) is 6.58. The number of ether oxygens (including phenoxy) is 2. The van der Waals surface area contributed by atoms with Gasteiger partial charge in [-0.25, -0.2) is 0 Å². The molecule has 1 aromatic rings. The van der Waals surface area contributed by atoms with Crippen LogP contribution >= 0.6 is 27.3 Å². The van der Waals surface area contributed by atoms with Crippen molar-refractivity contribution in [3.63, 3.8) is 0 Å². The van der Waals surface area contributed by atoms with E-state index in [1.807, 2.05) is 20.8 Å². The van der Waals surface area contributed by atoms with Gasteiger partial charge in [0.25, 0.3) is 0 Å². The third-order valence-electron chi connectivity index (χ3n) is 2.64. The van der Waals surface area contributed by atoms with Crippen LogP contribution < -0.4 is 5.73 Å². The summed E-state index contributed by atoms with van der Waals surface area (Å²) in [6, 6.07) is 2.09. The Kier molecular flexibility index (Phi) is 6.97. The summed E-state index contributed by atoms with van der Waals surface area (Å²) in [7, 11) is 0. The molecule has 110 valence electrons. The standard InChI is InChI=1S/C14H24BrNO2S/c1-5-11(16)13(12-8-10(15)9-19-12)17-6-7-18-14(2,3)4/h8-9,11,13H,5-7,16H2,1-4H3. The third kappa shape index (κ3) is 6.36. The van der Waals surface area contributed by atoms with E-state index in [4.69, 9.17) is 15.2 Å². The zero-order chi connectivity index (χ0) is 14.5. The van der Waals surface area contributed by atoms with E-state index in [1.54, 1.807) is 11.3 Å². The van der Waals surface area contributed by atoms with Crippen LogP contribution in [0.4, 0.5) is 0 Å². The predicted octanol–water partition coefficient (Wildman–Crippen LogP) is 4.12. The van der Waals surface area contributed by atoms with E-state index in [9.17, 15) is 0 Å². The van der Waals surface area contributed by atoms with Crippen molar-refractivity contribution >= 4 is 27.3 Å². The number of hydrogen-bond acceptors (Lipinski definition) is 4. The lowest BCUT2D eigenvalue weighted by Crippen LogP contribution is -2.30. The first kappa shape index (κ1) is 17.1.